The number of nitrogens with one attached hydrogen (secondary N) is 1. The number of thiazole rings is 1. The van der Waals surface area contributed by atoms with E-state index in [1.807, 2.05) is 48.7 Å². The van der Waals surface area contributed by atoms with E-state index in [9.17, 15) is 4.79 Å². The third-order valence-electron chi connectivity index (χ3n) is 4.59. The molecule has 2 aromatic heterocycles. The molecule has 4 rings (SSSR count). The largest absolute Gasteiger partial charge is 0.493 e. The fourth-order valence-electron chi connectivity index (χ4n) is 3.10. The van der Waals surface area contributed by atoms with Gasteiger partial charge in [-0.1, -0.05) is 12.1 Å². The summed E-state index contributed by atoms with van der Waals surface area (Å²) in [5, 5.41) is 6.13. The van der Waals surface area contributed by atoms with E-state index in [0.29, 0.717) is 28.1 Å². The average Bonchev–Trinajstić information content (AvgIpc) is 3.18. The predicted octanol–water partition coefficient (Wildman–Crippen LogP) is 4.99. The molecule has 0 unspecified atom stereocenters. The summed E-state index contributed by atoms with van der Waals surface area (Å²) in [7, 11) is 3.18. The lowest BCUT2D eigenvalue weighted by molar-refractivity contribution is -0.115. The third-order valence-corrected chi connectivity index (χ3v) is 5.46. The first-order valence-electron chi connectivity index (χ1n) is 9.55. The highest BCUT2D eigenvalue weighted by atomic mass is 32.1. The summed E-state index contributed by atoms with van der Waals surface area (Å²) in [6, 6.07) is 12.9. The van der Waals surface area contributed by atoms with Crippen LogP contribution in [0.5, 0.6) is 23.0 Å². The van der Waals surface area contributed by atoms with Crippen molar-refractivity contribution in [2.45, 2.75) is 13.3 Å². The van der Waals surface area contributed by atoms with Crippen molar-refractivity contribution in [3.8, 4) is 23.0 Å². The Bertz CT molecular complexity index is 1220. The number of rotatable bonds is 7. The summed E-state index contributed by atoms with van der Waals surface area (Å²) in [5.41, 5.74) is 2.51. The zero-order valence-electron chi connectivity index (χ0n) is 17.3. The van der Waals surface area contributed by atoms with E-state index in [0.717, 1.165) is 22.2 Å². The van der Waals surface area contributed by atoms with Crippen LogP contribution in [0.2, 0.25) is 0 Å². The van der Waals surface area contributed by atoms with Crippen molar-refractivity contribution in [2.75, 3.05) is 19.5 Å². The Labute approximate surface area is 183 Å². The summed E-state index contributed by atoms with van der Waals surface area (Å²) in [5.74, 6) is 2.40. The molecular weight excluding hydrogens is 414 g/mol. The van der Waals surface area contributed by atoms with Crippen LogP contribution in [0.15, 0.2) is 54.0 Å². The van der Waals surface area contributed by atoms with E-state index in [4.69, 9.17) is 14.2 Å². The molecule has 1 amide bonds. The zero-order valence-corrected chi connectivity index (χ0v) is 18.2. The molecule has 0 aliphatic heterocycles. The van der Waals surface area contributed by atoms with Gasteiger partial charge in [-0.3, -0.25) is 9.78 Å². The van der Waals surface area contributed by atoms with E-state index >= 15 is 0 Å². The molecule has 4 aromatic rings. The zero-order chi connectivity index (χ0) is 21.8. The van der Waals surface area contributed by atoms with Gasteiger partial charge < -0.3 is 19.5 Å². The summed E-state index contributed by atoms with van der Waals surface area (Å²) in [6.45, 7) is 1.89. The minimum atomic E-state index is -0.107. The van der Waals surface area contributed by atoms with Gasteiger partial charge in [-0.15, -0.1) is 11.3 Å². The Balaban J connectivity index is 1.48. The van der Waals surface area contributed by atoms with Crippen LogP contribution in [0.4, 0.5) is 5.13 Å². The number of hydrogen-bond acceptors (Lipinski definition) is 7. The van der Waals surface area contributed by atoms with Gasteiger partial charge in [0, 0.05) is 23.0 Å². The predicted molar refractivity (Wildman–Crippen MR) is 121 cm³/mol. The number of fused-ring (bicyclic) bond motifs is 1. The second-order valence-corrected chi connectivity index (χ2v) is 7.66. The van der Waals surface area contributed by atoms with E-state index in [-0.39, 0.29) is 12.3 Å². The highest BCUT2D eigenvalue weighted by molar-refractivity contribution is 7.13. The van der Waals surface area contributed by atoms with Crippen molar-refractivity contribution in [3.63, 3.8) is 0 Å². The molecule has 2 heterocycles. The van der Waals surface area contributed by atoms with Crippen molar-refractivity contribution < 1.29 is 19.0 Å². The highest BCUT2D eigenvalue weighted by Crippen LogP contribution is 2.36. The van der Waals surface area contributed by atoms with Crippen LogP contribution in [-0.2, 0) is 11.2 Å². The van der Waals surface area contributed by atoms with Gasteiger partial charge in [0.25, 0.3) is 0 Å². The third kappa shape index (κ3) is 4.75. The molecule has 2 aromatic carbocycles. The van der Waals surface area contributed by atoms with Crippen LogP contribution in [0.3, 0.4) is 0 Å². The molecule has 0 saturated carbocycles. The number of aromatic nitrogens is 2. The fourth-order valence-corrected chi connectivity index (χ4v) is 3.80. The first-order valence-corrected chi connectivity index (χ1v) is 10.4. The van der Waals surface area contributed by atoms with Crippen LogP contribution in [0.1, 0.15) is 11.3 Å². The van der Waals surface area contributed by atoms with Crippen LogP contribution in [-0.4, -0.2) is 30.1 Å². The van der Waals surface area contributed by atoms with Gasteiger partial charge in [-0.25, -0.2) is 4.98 Å². The number of carbonyl (C=O) groups is 1. The SMILES string of the molecule is COc1cc2nccc(Oc3ccc(CC(=O)Nc4nc(C)cs4)cc3)c2cc1OC. The maximum atomic E-state index is 12.2. The number of amides is 1. The molecule has 0 atom stereocenters. The summed E-state index contributed by atoms with van der Waals surface area (Å²) < 4.78 is 16.8. The maximum Gasteiger partial charge on any atom is 0.230 e. The number of ether oxygens (including phenoxy) is 3. The molecule has 158 valence electrons. The first-order chi connectivity index (χ1) is 15.1. The second kappa shape index (κ2) is 9.01. The van der Waals surface area contributed by atoms with Gasteiger partial charge in [0.15, 0.2) is 16.6 Å². The smallest absolute Gasteiger partial charge is 0.230 e. The summed E-state index contributed by atoms with van der Waals surface area (Å²) >= 11 is 1.41. The van der Waals surface area contributed by atoms with Crippen LogP contribution < -0.4 is 19.5 Å². The van der Waals surface area contributed by atoms with Gasteiger partial charge in [0.2, 0.25) is 5.91 Å². The van der Waals surface area contributed by atoms with E-state index < -0.39 is 0 Å². The Morgan fingerprint density at radius 2 is 1.77 bits per heavy atom. The number of nitrogens with zero attached hydrogens (tertiary/aromatic N) is 2. The molecule has 0 aliphatic carbocycles. The first kappa shape index (κ1) is 20.6. The van der Waals surface area contributed by atoms with Gasteiger partial charge in [-0.2, -0.15) is 0 Å². The van der Waals surface area contributed by atoms with Crippen molar-refractivity contribution in [3.05, 3.63) is 65.3 Å². The summed E-state index contributed by atoms with van der Waals surface area (Å²) in [4.78, 5) is 20.9. The van der Waals surface area contributed by atoms with Crippen LogP contribution in [0, 0.1) is 6.92 Å². The molecule has 31 heavy (non-hydrogen) atoms. The minimum Gasteiger partial charge on any atom is -0.493 e. The lowest BCUT2D eigenvalue weighted by Gasteiger charge is -2.12. The number of aryl methyl sites for hydroxylation is 1. The number of hydrogen-bond donors (Lipinski definition) is 1. The van der Waals surface area contributed by atoms with Gasteiger partial charge >= 0.3 is 0 Å². The van der Waals surface area contributed by atoms with E-state index in [1.54, 1.807) is 26.5 Å². The number of carbonyl (C=O) groups excluding carboxylic acids is 1. The second-order valence-electron chi connectivity index (χ2n) is 6.80. The van der Waals surface area contributed by atoms with E-state index in [1.165, 1.54) is 11.3 Å². The standard InChI is InChI=1S/C23H21N3O4S/c1-14-13-31-23(25-14)26-22(27)10-15-4-6-16(7-5-15)30-19-8-9-24-18-12-21(29-3)20(28-2)11-17(18)19/h4-9,11-13H,10H2,1-3H3,(H,25,26,27). The monoisotopic (exact) mass is 435 g/mol. The van der Waals surface area contributed by atoms with Crippen molar-refractivity contribution >= 4 is 33.3 Å². The van der Waals surface area contributed by atoms with Crippen molar-refractivity contribution in [2.24, 2.45) is 0 Å². The molecule has 0 saturated heterocycles. The Hall–Kier alpha value is -3.65. The van der Waals surface area contributed by atoms with Gasteiger partial charge in [0.1, 0.15) is 11.5 Å². The number of benzene rings is 2. The normalized spacial score (nSPS) is 10.7. The van der Waals surface area contributed by atoms with Crippen molar-refractivity contribution in [1.82, 2.24) is 9.97 Å². The molecular formula is C23H21N3O4S. The summed E-state index contributed by atoms with van der Waals surface area (Å²) in [6.07, 6.45) is 1.94. The lowest BCUT2D eigenvalue weighted by Crippen LogP contribution is -2.14. The lowest BCUT2D eigenvalue weighted by atomic mass is 10.1. The molecule has 0 bridgehead atoms. The topological polar surface area (TPSA) is 82.6 Å². The fraction of sp³-hybridized carbons (Fsp3) is 0.174. The maximum absolute atomic E-state index is 12.2. The molecule has 0 fully saturated rings. The minimum absolute atomic E-state index is 0.107. The quantitative estimate of drug-likeness (QED) is 0.440. The Morgan fingerprint density at radius 3 is 2.45 bits per heavy atom. The molecule has 0 radical (unpaired) electrons. The average molecular weight is 436 g/mol. The van der Waals surface area contributed by atoms with Gasteiger partial charge in [-0.05, 0) is 36.8 Å². The van der Waals surface area contributed by atoms with E-state index in [2.05, 4.69) is 15.3 Å². The van der Waals surface area contributed by atoms with Crippen LogP contribution >= 0.6 is 11.3 Å². The Kier molecular flexibility index (Phi) is 5.99. The number of methoxy groups -OCH3 is 2. The molecule has 8 heteroatoms. The number of anilines is 1. The molecule has 0 spiro atoms. The molecule has 0 aliphatic rings. The highest BCUT2D eigenvalue weighted by Gasteiger charge is 2.12. The van der Waals surface area contributed by atoms with Crippen molar-refractivity contribution in [1.29, 1.82) is 0 Å². The Morgan fingerprint density at radius 1 is 1.03 bits per heavy atom. The number of pyridine rings is 1. The van der Waals surface area contributed by atoms with Crippen LogP contribution in [0.25, 0.3) is 10.9 Å². The molecule has 1 N–H and O–H groups in total. The van der Waals surface area contributed by atoms with Gasteiger partial charge in [0.05, 0.1) is 31.9 Å². The molecule has 7 nitrogen and oxygen atoms in total.